The van der Waals surface area contributed by atoms with Gasteiger partial charge in [-0.1, -0.05) is 43.1 Å². The zero-order valence-electron chi connectivity index (χ0n) is 12.0. The van der Waals surface area contributed by atoms with E-state index in [2.05, 4.69) is 5.32 Å². The number of hydrogen-bond donors (Lipinski definition) is 1. The summed E-state index contributed by atoms with van der Waals surface area (Å²) in [6, 6.07) is 4.74. The lowest BCUT2D eigenvalue weighted by molar-refractivity contribution is -0.146. The number of piperazine rings is 1. The molecule has 0 aromatic heterocycles. The Hall–Kier alpha value is -1.26. The molecule has 0 aliphatic carbocycles. The van der Waals surface area contributed by atoms with Crippen molar-refractivity contribution in [2.24, 2.45) is 5.92 Å². The van der Waals surface area contributed by atoms with Crippen molar-refractivity contribution in [1.82, 2.24) is 10.2 Å². The van der Waals surface area contributed by atoms with E-state index in [1.165, 1.54) is 0 Å². The standard InChI is InChI=1S/C15H18Cl2N2O2/c1-9(2)6-13-15(21)18-7-14(20)19(13)8-10-11(16)4-3-5-12(10)17/h3-5,9,13H,6-8H2,1-2H3,(H,18,21). The average Bonchev–Trinajstić information content (AvgIpc) is 2.40. The van der Waals surface area contributed by atoms with Gasteiger partial charge in [0.15, 0.2) is 0 Å². The van der Waals surface area contributed by atoms with Crippen molar-refractivity contribution in [3.63, 3.8) is 0 Å². The van der Waals surface area contributed by atoms with Crippen molar-refractivity contribution in [3.05, 3.63) is 33.8 Å². The molecule has 4 nitrogen and oxygen atoms in total. The first kappa shape index (κ1) is 16.1. The smallest absolute Gasteiger partial charge is 0.243 e. The summed E-state index contributed by atoms with van der Waals surface area (Å²) < 4.78 is 0. The third-order valence-corrected chi connectivity index (χ3v) is 4.21. The average molecular weight is 329 g/mol. The Kier molecular flexibility index (Phi) is 5.12. The second-order valence-electron chi connectivity index (χ2n) is 5.59. The first-order chi connectivity index (χ1) is 9.90. The first-order valence-electron chi connectivity index (χ1n) is 6.90. The molecule has 21 heavy (non-hydrogen) atoms. The number of benzene rings is 1. The molecule has 0 radical (unpaired) electrons. The van der Waals surface area contributed by atoms with E-state index in [0.29, 0.717) is 27.9 Å². The summed E-state index contributed by atoms with van der Waals surface area (Å²) in [7, 11) is 0. The zero-order valence-corrected chi connectivity index (χ0v) is 13.5. The minimum atomic E-state index is -0.474. The maximum atomic E-state index is 12.2. The van der Waals surface area contributed by atoms with Crippen LogP contribution in [0.2, 0.25) is 10.0 Å². The van der Waals surface area contributed by atoms with E-state index in [1.807, 2.05) is 13.8 Å². The van der Waals surface area contributed by atoms with Crippen molar-refractivity contribution in [2.75, 3.05) is 6.54 Å². The number of carbonyl (C=O) groups excluding carboxylic acids is 2. The van der Waals surface area contributed by atoms with Crippen LogP contribution in [0.25, 0.3) is 0 Å². The Morgan fingerprint density at radius 1 is 1.29 bits per heavy atom. The largest absolute Gasteiger partial charge is 0.345 e. The first-order valence-corrected chi connectivity index (χ1v) is 7.65. The Labute approximate surface area is 134 Å². The van der Waals surface area contributed by atoms with Crippen LogP contribution < -0.4 is 5.32 Å². The fraction of sp³-hybridized carbons (Fsp3) is 0.467. The molecular formula is C15H18Cl2N2O2. The third-order valence-electron chi connectivity index (χ3n) is 3.50. The van der Waals surface area contributed by atoms with Gasteiger partial charge in [0.05, 0.1) is 6.54 Å². The van der Waals surface area contributed by atoms with Gasteiger partial charge in [-0.05, 0) is 24.5 Å². The molecule has 6 heteroatoms. The molecule has 1 unspecified atom stereocenters. The second kappa shape index (κ2) is 6.67. The van der Waals surface area contributed by atoms with E-state index in [-0.39, 0.29) is 24.9 Å². The molecular weight excluding hydrogens is 311 g/mol. The van der Waals surface area contributed by atoms with Crippen LogP contribution in [0.1, 0.15) is 25.8 Å². The van der Waals surface area contributed by atoms with Crippen LogP contribution in [0, 0.1) is 5.92 Å². The maximum Gasteiger partial charge on any atom is 0.243 e. The summed E-state index contributed by atoms with van der Waals surface area (Å²) in [6.45, 7) is 4.32. The number of nitrogens with one attached hydrogen (secondary N) is 1. The number of amides is 2. The van der Waals surface area contributed by atoms with Gasteiger partial charge in [-0.3, -0.25) is 9.59 Å². The van der Waals surface area contributed by atoms with E-state index in [9.17, 15) is 9.59 Å². The highest BCUT2D eigenvalue weighted by molar-refractivity contribution is 6.36. The van der Waals surface area contributed by atoms with Gasteiger partial charge in [0.1, 0.15) is 6.04 Å². The maximum absolute atomic E-state index is 12.2. The fourth-order valence-electron chi connectivity index (χ4n) is 2.43. The molecule has 1 heterocycles. The van der Waals surface area contributed by atoms with Crippen molar-refractivity contribution in [3.8, 4) is 0 Å². The lowest BCUT2D eigenvalue weighted by Crippen LogP contribution is -2.58. The molecule has 0 saturated carbocycles. The third kappa shape index (κ3) is 3.69. The van der Waals surface area contributed by atoms with Crippen LogP contribution in [0.15, 0.2) is 18.2 Å². The second-order valence-corrected chi connectivity index (χ2v) is 6.40. The molecule has 114 valence electrons. The summed E-state index contributed by atoms with van der Waals surface area (Å²) >= 11 is 12.3. The lowest BCUT2D eigenvalue weighted by atomic mass is 9.99. The zero-order chi connectivity index (χ0) is 15.6. The van der Waals surface area contributed by atoms with E-state index >= 15 is 0 Å². The van der Waals surface area contributed by atoms with Crippen LogP contribution in [0.4, 0.5) is 0 Å². The highest BCUT2D eigenvalue weighted by Gasteiger charge is 2.35. The normalized spacial score (nSPS) is 19.1. The summed E-state index contributed by atoms with van der Waals surface area (Å²) in [5.74, 6) is 0.0681. The van der Waals surface area contributed by atoms with Gasteiger partial charge in [-0.25, -0.2) is 0 Å². The molecule has 0 bridgehead atoms. The number of halogens is 2. The molecule has 1 saturated heterocycles. The van der Waals surface area contributed by atoms with Crippen molar-refractivity contribution in [2.45, 2.75) is 32.9 Å². The SMILES string of the molecule is CC(C)CC1C(=O)NCC(=O)N1Cc1c(Cl)cccc1Cl. The summed E-state index contributed by atoms with van der Waals surface area (Å²) in [6.07, 6.45) is 0.611. The van der Waals surface area contributed by atoms with Crippen LogP contribution in [-0.2, 0) is 16.1 Å². The van der Waals surface area contributed by atoms with Gasteiger partial charge in [-0.2, -0.15) is 0 Å². The number of carbonyl (C=O) groups is 2. The van der Waals surface area contributed by atoms with Crippen LogP contribution in [0.3, 0.4) is 0 Å². The summed E-state index contributed by atoms with van der Waals surface area (Å²) in [5.41, 5.74) is 0.678. The van der Waals surface area contributed by atoms with Crippen molar-refractivity contribution in [1.29, 1.82) is 0 Å². The van der Waals surface area contributed by atoms with Gasteiger partial charge >= 0.3 is 0 Å². The Morgan fingerprint density at radius 3 is 2.48 bits per heavy atom. The van der Waals surface area contributed by atoms with Gasteiger partial charge in [-0.15, -0.1) is 0 Å². The quantitative estimate of drug-likeness (QED) is 0.923. The molecule has 1 aliphatic heterocycles. The van der Waals surface area contributed by atoms with Gasteiger partial charge in [0, 0.05) is 22.2 Å². The number of hydrogen-bond acceptors (Lipinski definition) is 2. The molecule has 1 aliphatic rings. The van der Waals surface area contributed by atoms with Gasteiger partial charge in [0.25, 0.3) is 0 Å². The minimum Gasteiger partial charge on any atom is -0.345 e. The monoisotopic (exact) mass is 328 g/mol. The Balaban J connectivity index is 2.29. The van der Waals surface area contributed by atoms with Crippen molar-refractivity contribution >= 4 is 35.0 Å². The highest BCUT2D eigenvalue weighted by atomic mass is 35.5. The number of nitrogens with zero attached hydrogens (tertiary/aromatic N) is 1. The molecule has 0 spiro atoms. The predicted molar refractivity (Wildman–Crippen MR) is 83.3 cm³/mol. The lowest BCUT2D eigenvalue weighted by Gasteiger charge is -2.36. The Morgan fingerprint density at radius 2 is 1.90 bits per heavy atom. The molecule has 1 aromatic carbocycles. The van der Waals surface area contributed by atoms with E-state index in [4.69, 9.17) is 23.2 Å². The van der Waals surface area contributed by atoms with Crippen LogP contribution >= 0.6 is 23.2 Å². The van der Waals surface area contributed by atoms with E-state index < -0.39 is 6.04 Å². The van der Waals surface area contributed by atoms with Crippen LogP contribution in [-0.4, -0.2) is 29.3 Å². The molecule has 2 rings (SSSR count). The minimum absolute atomic E-state index is 0.0233. The van der Waals surface area contributed by atoms with Crippen LogP contribution in [0.5, 0.6) is 0 Å². The topological polar surface area (TPSA) is 49.4 Å². The molecule has 1 atom stereocenters. The van der Waals surface area contributed by atoms with E-state index in [1.54, 1.807) is 23.1 Å². The predicted octanol–water partition coefficient (Wildman–Crippen LogP) is 2.87. The van der Waals surface area contributed by atoms with Gasteiger partial charge in [0.2, 0.25) is 11.8 Å². The highest BCUT2D eigenvalue weighted by Crippen LogP contribution is 2.28. The van der Waals surface area contributed by atoms with E-state index in [0.717, 1.165) is 0 Å². The Bertz CT molecular complexity index is 540. The molecule has 2 amide bonds. The van der Waals surface area contributed by atoms with Crippen molar-refractivity contribution < 1.29 is 9.59 Å². The molecule has 1 aromatic rings. The summed E-state index contributed by atoms with van der Waals surface area (Å²) in [5, 5.41) is 3.64. The molecule has 1 fully saturated rings. The van der Waals surface area contributed by atoms with Gasteiger partial charge < -0.3 is 10.2 Å². The summed E-state index contributed by atoms with van der Waals surface area (Å²) in [4.78, 5) is 25.8. The number of rotatable bonds is 4. The molecule has 1 N–H and O–H groups in total. The fourth-order valence-corrected chi connectivity index (χ4v) is 2.95.